The SMILES string of the molecule is CCCCCNC(C)C(=O)c1ccc(C)c(C)c1. The van der Waals surface area contributed by atoms with Crippen LogP contribution in [0.2, 0.25) is 0 Å². The fourth-order valence-electron chi connectivity index (χ4n) is 1.93. The lowest BCUT2D eigenvalue weighted by atomic mass is 10.0. The number of hydrogen-bond donors (Lipinski definition) is 1. The van der Waals surface area contributed by atoms with E-state index >= 15 is 0 Å². The second-order valence-electron chi connectivity index (χ2n) is 5.05. The van der Waals surface area contributed by atoms with Crippen molar-refractivity contribution in [1.29, 1.82) is 0 Å². The average Bonchev–Trinajstić information content (AvgIpc) is 2.37. The first kappa shape index (κ1) is 14.9. The number of ketones is 1. The van der Waals surface area contributed by atoms with Crippen LogP contribution in [0, 0.1) is 13.8 Å². The molecule has 0 bridgehead atoms. The van der Waals surface area contributed by atoms with E-state index in [2.05, 4.69) is 19.2 Å². The van der Waals surface area contributed by atoms with E-state index < -0.39 is 0 Å². The molecule has 1 aromatic carbocycles. The number of rotatable bonds is 7. The Kier molecular flexibility index (Phi) is 6.06. The first-order chi connectivity index (χ1) is 8.56. The number of carbonyl (C=O) groups is 1. The molecule has 1 rings (SSSR count). The van der Waals surface area contributed by atoms with Gasteiger partial charge >= 0.3 is 0 Å². The van der Waals surface area contributed by atoms with Crippen molar-refractivity contribution in [2.75, 3.05) is 6.54 Å². The average molecular weight is 247 g/mol. The van der Waals surface area contributed by atoms with Crippen LogP contribution in [-0.4, -0.2) is 18.4 Å². The molecule has 18 heavy (non-hydrogen) atoms. The minimum absolute atomic E-state index is 0.0936. The van der Waals surface area contributed by atoms with Crippen molar-refractivity contribution in [2.24, 2.45) is 0 Å². The number of carbonyl (C=O) groups excluding carboxylic acids is 1. The lowest BCUT2D eigenvalue weighted by Gasteiger charge is -2.13. The summed E-state index contributed by atoms with van der Waals surface area (Å²) in [4.78, 5) is 12.2. The van der Waals surface area contributed by atoms with Crippen molar-refractivity contribution in [3.05, 3.63) is 34.9 Å². The van der Waals surface area contributed by atoms with Gasteiger partial charge in [0.05, 0.1) is 6.04 Å². The number of Topliss-reactive ketones (excluding diaryl/α,β-unsaturated/α-hetero) is 1. The summed E-state index contributed by atoms with van der Waals surface area (Å²) < 4.78 is 0. The number of unbranched alkanes of at least 4 members (excludes halogenated alkanes) is 2. The summed E-state index contributed by atoms with van der Waals surface area (Å²) in [6.45, 7) is 9.17. The molecule has 0 aromatic heterocycles. The monoisotopic (exact) mass is 247 g/mol. The fraction of sp³-hybridized carbons (Fsp3) is 0.562. The molecular formula is C16H25NO. The molecule has 0 aliphatic rings. The molecule has 0 fully saturated rings. The largest absolute Gasteiger partial charge is 0.307 e. The van der Waals surface area contributed by atoms with Gasteiger partial charge in [0.15, 0.2) is 5.78 Å². The van der Waals surface area contributed by atoms with Gasteiger partial charge in [0.25, 0.3) is 0 Å². The van der Waals surface area contributed by atoms with Gasteiger partial charge in [-0.3, -0.25) is 4.79 Å². The highest BCUT2D eigenvalue weighted by Crippen LogP contribution is 2.11. The molecular weight excluding hydrogens is 222 g/mol. The zero-order valence-electron chi connectivity index (χ0n) is 12.0. The van der Waals surface area contributed by atoms with Gasteiger partial charge in [-0.2, -0.15) is 0 Å². The molecule has 0 heterocycles. The van der Waals surface area contributed by atoms with E-state index in [1.807, 2.05) is 32.0 Å². The number of nitrogens with one attached hydrogen (secondary N) is 1. The molecule has 0 amide bonds. The summed E-state index contributed by atoms with van der Waals surface area (Å²) in [5, 5.41) is 3.30. The van der Waals surface area contributed by atoms with Gasteiger partial charge in [-0.1, -0.05) is 31.9 Å². The molecule has 0 spiro atoms. The van der Waals surface area contributed by atoms with Gasteiger partial charge in [-0.25, -0.2) is 0 Å². The molecule has 1 atom stereocenters. The maximum absolute atomic E-state index is 12.2. The smallest absolute Gasteiger partial charge is 0.179 e. The highest BCUT2D eigenvalue weighted by molar-refractivity contribution is 6.00. The Balaban J connectivity index is 2.54. The third-order valence-corrected chi connectivity index (χ3v) is 3.42. The third kappa shape index (κ3) is 4.26. The number of benzene rings is 1. The van der Waals surface area contributed by atoms with Crippen LogP contribution in [0.5, 0.6) is 0 Å². The van der Waals surface area contributed by atoms with E-state index in [-0.39, 0.29) is 11.8 Å². The summed E-state index contributed by atoms with van der Waals surface area (Å²) in [7, 11) is 0. The summed E-state index contributed by atoms with van der Waals surface area (Å²) in [6, 6.07) is 5.84. The molecule has 2 nitrogen and oxygen atoms in total. The van der Waals surface area contributed by atoms with E-state index in [4.69, 9.17) is 0 Å². The maximum atomic E-state index is 12.2. The van der Waals surface area contributed by atoms with Crippen LogP contribution >= 0.6 is 0 Å². The number of hydrogen-bond acceptors (Lipinski definition) is 2. The van der Waals surface area contributed by atoms with Gasteiger partial charge in [0.1, 0.15) is 0 Å². The molecule has 0 aliphatic carbocycles. The Labute approximate surface area is 111 Å². The summed E-state index contributed by atoms with van der Waals surface area (Å²) in [5.74, 6) is 0.189. The van der Waals surface area contributed by atoms with Gasteiger partial charge in [-0.15, -0.1) is 0 Å². The Morgan fingerprint density at radius 1 is 1.22 bits per heavy atom. The Morgan fingerprint density at radius 3 is 2.56 bits per heavy atom. The predicted octanol–water partition coefficient (Wildman–Crippen LogP) is 3.65. The highest BCUT2D eigenvalue weighted by Gasteiger charge is 2.14. The maximum Gasteiger partial charge on any atom is 0.179 e. The number of aryl methyl sites for hydroxylation is 2. The van der Waals surface area contributed by atoms with Crippen LogP contribution in [-0.2, 0) is 0 Å². The minimum Gasteiger partial charge on any atom is -0.307 e. The van der Waals surface area contributed by atoms with Crippen molar-refractivity contribution in [3.8, 4) is 0 Å². The highest BCUT2D eigenvalue weighted by atomic mass is 16.1. The normalized spacial score (nSPS) is 12.4. The molecule has 0 radical (unpaired) electrons. The third-order valence-electron chi connectivity index (χ3n) is 3.42. The van der Waals surface area contributed by atoms with Crippen molar-refractivity contribution in [2.45, 2.75) is 53.0 Å². The van der Waals surface area contributed by atoms with E-state index in [1.165, 1.54) is 24.0 Å². The van der Waals surface area contributed by atoms with Crippen LogP contribution in [0.15, 0.2) is 18.2 Å². The Hall–Kier alpha value is -1.15. The summed E-state index contributed by atoms with van der Waals surface area (Å²) in [6.07, 6.45) is 3.57. The quantitative estimate of drug-likeness (QED) is 0.588. The first-order valence-corrected chi connectivity index (χ1v) is 6.91. The lowest BCUT2D eigenvalue weighted by molar-refractivity contribution is 0.0951. The second kappa shape index (κ2) is 7.32. The van der Waals surface area contributed by atoms with Crippen LogP contribution < -0.4 is 5.32 Å². The van der Waals surface area contributed by atoms with Gasteiger partial charge in [0, 0.05) is 5.56 Å². The Morgan fingerprint density at radius 2 is 1.94 bits per heavy atom. The van der Waals surface area contributed by atoms with Gasteiger partial charge in [-0.05, 0) is 50.9 Å². The van der Waals surface area contributed by atoms with Gasteiger partial charge < -0.3 is 5.32 Å². The van der Waals surface area contributed by atoms with Gasteiger partial charge in [0.2, 0.25) is 0 Å². The van der Waals surface area contributed by atoms with Crippen LogP contribution in [0.4, 0.5) is 0 Å². The molecule has 0 saturated heterocycles. The zero-order valence-corrected chi connectivity index (χ0v) is 12.0. The van der Waals surface area contributed by atoms with Crippen molar-refractivity contribution in [1.82, 2.24) is 5.32 Å². The van der Waals surface area contributed by atoms with Crippen molar-refractivity contribution < 1.29 is 4.79 Å². The van der Waals surface area contributed by atoms with Crippen molar-refractivity contribution >= 4 is 5.78 Å². The predicted molar refractivity (Wildman–Crippen MR) is 77.2 cm³/mol. The second-order valence-corrected chi connectivity index (χ2v) is 5.05. The van der Waals surface area contributed by atoms with E-state index in [0.717, 1.165) is 18.5 Å². The van der Waals surface area contributed by atoms with Crippen molar-refractivity contribution in [3.63, 3.8) is 0 Å². The molecule has 1 N–H and O–H groups in total. The zero-order chi connectivity index (χ0) is 13.5. The topological polar surface area (TPSA) is 29.1 Å². The first-order valence-electron chi connectivity index (χ1n) is 6.91. The van der Waals surface area contributed by atoms with E-state index in [0.29, 0.717) is 0 Å². The van der Waals surface area contributed by atoms with Crippen LogP contribution in [0.25, 0.3) is 0 Å². The fourth-order valence-corrected chi connectivity index (χ4v) is 1.93. The lowest BCUT2D eigenvalue weighted by Crippen LogP contribution is -2.34. The standard InChI is InChI=1S/C16H25NO/c1-5-6-7-10-17-14(4)16(18)15-9-8-12(2)13(3)11-15/h8-9,11,14,17H,5-7,10H2,1-4H3. The summed E-state index contributed by atoms with van der Waals surface area (Å²) in [5.41, 5.74) is 3.22. The molecule has 100 valence electrons. The minimum atomic E-state index is -0.0936. The summed E-state index contributed by atoms with van der Waals surface area (Å²) >= 11 is 0. The van der Waals surface area contributed by atoms with Crippen LogP contribution in [0.1, 0.15) is 54.6 Å². The van der Waals surface area contributed by atoms with E-state index in [1.54, 1.807) is 0 Å². The Bertz CT molecular complexity index is 398. The molecule has 0 saturated carbocycles. The molecule has 2 heteroatoms. The molecule has 0 aliphatic heterocycles. The van der Waals surface area contributed by atoms with E-state index in [9.17, 15) is 4.79 Å². The molecule has 1 aromatic rings. The van der Waals surface area contributed by atoms with Crippen LogP contribution in [0.3, 0.4) is 0 Å². The molecule has 1 unspecified atom stereocenters.